The van der Waals surface area contributed by atoms with Crippen LogP contribution in [0.2, 0.25) is 26.2 Å². The van der Waals surface area contributed by atoms with Crippen molar-refractivity contribution in [3.05, 3.63) is 155 Å². The lowest BCUT2D eigenvalue weighted by atomic mass is 10.0. The predicted molar refractivity (Wildman–Crippen MR) is 206 cm³/mol. The van der Waals surface area contributed by atoms with E-state index in [9.17, 15) is 0 Å². The zero-order chi connectivity index (χ0) is 31.6. The second kappa shape index (κ2) is 13.1. The van der Waals surface area contributed by atoms with Crippen LogP contribution in [0.15, 0.2) is 155 Å². The van der Waals surface area contributed by atoms with Gasteiger partial charge in [0.25, 0.3) is 0 Å². The Bertz CT molecular complexity index is 1780. The highest BCUT2D eigenvalue weighted by Gasteiger charge is 2.27. The van der Waals surface area contributed by atoms with E-state index in [1.54, 1.807) is 0 Å². The molecule has 0 heterocycles. The quantitative estimate of drug-likeness (QED) is 0.141. The van der Waals surface area contributed by atoms with E-state index in [1.807, 2.05) is 12.1 Å². The summed E-state index contributed by atoms with van der Waals surface area (Å²) in [5, 5.41) is 5.69. The summed E-state index contributed by atoms with van der Waals surface area (Å²) in [7, 11) is -3.59. The Kier molecular flexibility index (Phi) is 9.16. The van der Waals surface area contributed by atoms with Gasteiger partial charge >= 0.3 is 0 Å². The van der Waals surface area contributed by atoms with E-state index in [2.05, 4.69) is 192 Å². The minimum atomic E-state index is -1.79. The summed E-state index contributed by atoms with van der Waals surface area (Å²) in [6.07, 6.45) is 0. The van der Waals surface area contributed by atoms with E-state index >= 15 is 0 Å². The lowest BCUT2D eigenvalue weighted by molar-refractivity contribution is 0.486. The van der Waals surface area contributed by atoms with Crippen LogP contribution >= 0.6 is 31.9 Å². The zero-order valence-electron chi connectivity index (χ0n) is 26.0. The average molecular weight is 749 g/mol. The molecule has 0 saturated carbocycles. The first-order valence-electron chi connectivity index (χ1n) is 15.2. The molecule has 0 amide bonds. The molecule has 224 valence electrons. The van der Waals surface area contributed by atoms with Crippen molar-refractivity contribution < 1.29 is 4.74 Å². The topological polar surface area (TPSA) is 9.23 Å². The van der Waals surface area contributed by atoms with Crippen LogP contribution in [0, 0.1) is 0 Å². The van der Waals surface area contributed by atoms with Gasteiger partial charge in [-0.15, -0.1) is 0 Å². The third kappa shape index (κ3) is 6.73. The molecular formula is C40H36Br2OSi2. The average Bonchev–Trinajstić information content (AvgIpc) is 3.07. The molecule has 0 fully saturated rings. The molecule has 0 aliphatic heterocycles. The Hall–Kier alpha value is -3.49. The van der Waals surface area contributed by atoms with Gasteiger partial charge in [-0.05, 0) is 47.5 Å². The van der Waals surface area contributed by atoms with Crippen molar-refractivity contribution >= 4 is 68.8 Å². The molecule has 6 aromatic rings. The third-order valence-electron chi connectivity index (χ3n) is 8.93. The Labute approximate surface area is 286 Å². The van der Waals surface area contributed by atoms with Crippen LogP contribution in [0.5, 0.6) is 11.5 Å². The monoisotopic (exact) mass is 746 g/mol. The van der Waals surface area contributed by atoms with Crippen LogP contribution in [0.4, 0.5) is 0 Å². The van der Waals surface area contributed by atoms with Crippen molar-refractivity contribution in [2.75, 3.05) is 0 Å². The highest BCUT2D eigenvalue weighted by Crippen LogP contribution is 2.40. The van der Waals surface area contributed by atoms with Crippen LogP contribution in [0.1, 0.15) is 0 Å². The summed E-state index contributed by atoms with van der Waals surface area (Å²) in [5.41, 5.74) is 4.36. The summed E-state index contributed by atoms with van der Waals surface area (Å²) in [4.78, 5) is 0. The molecule has 0 atom stereocenters. The predicted octanol–water partition coefficient (Wildman–Crippen LogP) is 9.98. The molecule has 6 rings (SSSR count). The minimum absolute atomic E-state index is 0.823. The molecular weight excluding hydrogens is 712 g/mol. The Morgan fingerprint density at radius 2 is 0.733 bits per heavy atom. The van der Waals surface area contributed by atoms with Crippen molar-refractivity contribution in [1.82, 2.24) is 0 Å². The van der Waals surface area contributed by atoms with Crippen molar-refractivity contribution in [2.24, 2.45) is 0 Å². The summed E-state index contributed by atoms with van der Waals surface area (Å²) >= 11 is 7.41. The van der Waals surface area contributed by atoms with Gasteiger partial charge in [0.05, 0.1) is 0 Å². The van der Waals surface area contributed by atoms with Gasteiger partial charge in [0.1, 0.15) is 27.6 Å². The maximum absolute atomic E-state index is 6.77. The highest BCUT2D eigenvalue weighted by atomic mass is 79.9. The smallest absolute Gasteiger partial charge is 0.135 e. The van der Waals surface area contributed by atoms with Crippen LogP contribution in [-0.4, -0.2) is 16.1 Å². The van der Waals surface area contributed by atoms with E-state index in [0.717, 1.165) is 42.7 Å². The van der Waals surface area contributed by atoms with Gasteiger partial charge in [0.15, 0.2) is 0 Å². The molecule has 5 heteroatoms. The van der Waals surface area contributed by atoms with Crippen molar-refractivity contribution in [1.29, 1.82) is 0 Å². The maximum atomic E-state index is 6.77. The fourth-order valence-corrected chi connectivity index (χ4v) is 11.4. The number of halogens is 2. The number of benzene rings is 6. The first-order valence-corrected chi connectivity index (χ1v) is 22.8. The Morgan fingerprint density at radius 3 is 1.09 bits per heavy atom. The molecule has 0 radical (unpaired) electrons. The fourth-order valence-electron chi connectivity index (χ4n) is 5.93. The van der Waals surface area contributed by atoms with Gasteiger partial charge in [-0.25, -0.2) is 0 Å². The highest BCUT2D eigenvalue weighted by molar-refractivity contribution is 9.10. The van der Waals surface area contributed by atoms with Crippen LogP contribution in [0.3, 0.4) is 0 Å². The summed E-state index contributed by atoms with van der Waals surface area (Å²) in [5.74, 6) is 1.65. The Balaban J connectivity index is 1.32. The number of hydrogen-bond acceptors (Lipinski definition) is 1. The molecule has 45 heavy (non-hydrogen) atoms. The van der Waals surface area contributed by atoms with Crippen LogP contribution in [-0.2, 0) is 0 Å². The standard InChI is InChI=1S/C40H36Br2OSi2/c1-44(2,33-11-7-5-8-12-33)35-21-15-29(16-22-35)37-27-31(41)19-25-39(37)43-40-26-20-32(42)28-38(40)30-17-23-36(24-18-30)45(3,4)34-13-9-6-10-14-34/h5-28H,1-4H3. The molecule has 0 spiro atoms. The third-order valence-corrected chi connectivity index (χ3v) is 17.0. The first-order chi connectivity index (χ1) is 21.6. The van der Waals surface area contributed by atoms with Gasteiger partial charge in [-0.1, -0.05) is 188 Å². The first kappa shape index (κ1) is 31.5. The van der Waals surface area contributed by atoms with E-state index < -0.39 is 16.1 Å². The van der Waals surface area contributed by atoms with Crippen molar-refractivity contribution in [3.63, 3.8) is 0 Å². The summed E-state index contributed by atoms with van der Waals surface area (Å²) in [6.45, 7) is 9.66. The molecule has 0 unspecified atom stereocenters. The zero-order valence-corrected chi connectivity index (χ0v) is 31.2. The van der Waals surface area contributed by atoms with Gasteiger partial charge in [0.2, 0.25) is 0 Å². The number of rotatable bonds is 8. The molecule has 0 aromatic heterocycles. The number of hydrogen-bond donors (Lipinski definition) is 0. The lowest BCUT2D eigenvalue weighted by Gasteiger charge is -2.24. The van der Waals surface area contributed by atoms with E-state index in [0.29, 0.717) is 0 Å². The van der Waals surface area contributed by atoms with Crippen molar-refractivity contribution in [3.8, 4) is 33.8 Å². The van der Waals surface area contributed by atoms with E-state index in [-0.39, 0.29) is 0 Å². The maximum Gasteiger partial charge on any atom is 0.135 e. The van der Waals surface area contributed by atoms with Gasteiger partial charge < -0.3 is 4.74 Å². The van der Waals surface area contributed by atoms with Gasteiger partial charge in [0, 0.05) is 20.1 Å². The second-order valence-corrected chi connectivity index (χ2v) is 23.2. The van der Waals surface area contributed by atoms with Gasteiger partial charge in [-0.2, -0.15) is 0 Å². The van der Waals surface area contributed by atoms with Gasteiger partial charge in [-0.3, -0.25) is 0 Å². The molecule has 0 aliphatic carbocycles. The summed E-state index contributed by atoms with van der Waals surface area (Å²) < 4.78 is 8.81. The minimum Gasteiger partial charge on any atom is -0.456 e. The lowest BCUT2D eigenvalue weighted by Crippen LogP contribution is -2.52. The second-order valence-electron chi connectivity index (χ2n) is 12.5. The largest absolute Gasteiger partial charge is 0.456 e. The van der Waals surface area contributed by atoms with Crippen molar-refractivity contribution in [2.45, 2.75) is 26.2 Å². The SMILES string of the molecule is C[Si](C)(c1ccccc1)c1ccc(-c2cc(Br)ccc2Oc2ccc(Br)cc2-c2ccc([Si](C)(C)c3ccccc3)cc2)cc1. The molecule has 0 saturated heterocycles. The molecule has 0 bridgehead atoms. The van der Waals surface area contributed by atoms with Crippen LogP contribution < -0.4 is 25.5 Å². The van der Waals surface area contributed by atoms with E-state index in [1.165, 1.54) is 20.7 Å². The number of ether oxygens (including phenoxy) is 1. The Morgan fingerprint density at radius 1 is 0.400 bits per heavy atom. The normalized spacial score (nSPS) is 11.8. The summed E-state index contributed by atoms with van der Waals surface area (Å²) in [6, 6.07) is 52.4. The molecule has 0 aliphatic rings. The van der Waals surface area contributed by atoms with Crippen LogP contribution in [0.25, 0.3) is 22.3 Å². The molecule has 1 nitrogen and oxygen atoms in total. The molecule has 6 aromatic carbocycles. The van der Waals surface area contributed by atoms with E-state index in [4.69, 9.17) is 4.74 Å². The fraction of sp³-hybridized carbons (Fsp3) is 0.100. The molecule has 0 N–H and O–H groups in total.